The van der Waals surface area contributed by atoms with Crippen LogP contribution in [0.5, 0.6) is 0 Å². The number of urea groups is 1. The Bertz CT molecular complexity index is 444. The minimum atomic E-state index is -0.140. The summed E-state index contributed by atoms with van der Waals surface area (Å²) in [7, 11) is 0. The summed E-state index contributed by atoms with van der Waals surface area (Å²) in [6.07, 6.45) is 4.27. The van der Waals surface area contributed by atoms with Crippen LogP contribution in [0.1, 0.15) is 6.42 Å². The van der Waals surface area contributed by atoms with Gasteiger partial charge in [0.15, 0.2) is 11.0 Å². The number of hydrogen-bond acceptors (Lipinski definition) is 4. The van der Waals surface area contributed by atoms with E-state index in [-0.39, 0.29) is 11.2 Å². The molecule has 2 amide bonds. The first-order chi connectivity index (χ1) is 8.24. The topological polar surface area (TPSA) is 70.1 Å². The molecule has 0 spiro atoms. The summed E-state index contributed by atoms with van der Waals surface area (Å²) >= 11 is 5.80. The summed E-state index contributed by atoms with van der Waals surface area (Å²) in [6, 6.07) is -0.140. The van der Waals surface area contributed by atoms with Crippen molar-refractivity contribution in [3.63, 3.8) is 0 Å². The summed E-state index contributed by atoms with van der Waals surface area (Å²) in [5, 5.41) is 0.233. The molecule has 1 aromatic rings. The number of hydrogen-bond donors (Lipinski definition) is 2. The lowest BCUT2D eigenvalue weighted by molar-refractivity contribution is 0.206. The number of nitrogens with one attached hydrogen (secondary N) is 2. The lowest BCUT2D eigenvalue weighted by Gasteiger charge is -2.19. The van der Waals surface area contributed by atoms with Crippen molar-refractivity contribution in [3.8, 4) is 0 Å². The monoisotopic (exact) mass is 253 g/mol. The van der Waals surface area contributed by atoms with Gasteiger partial charge in [0.2, 0.25) is 0 Å². The fraction of sp³-hybridized carbons (Fsp3) is 0.500. The lowest BCUT2D eigenvalue weighted by Crippen LogP contribution is -2.42. The van der Waals surface area contributed by atoms with Crippen molar-refractivity contribution in [1.29, 1.82) is 0 Å². The Balaban J connectivity index is 1.54. The van der Waals surface area contributed by atoms with Gasteiger partial charge in [0, 0.05) is 25.5 Å². The highest BCUT2D eigenvalue weighted by molar-refractivity contribution is 6.31. The molecule has 2 unspecified atom stereocenters. The largest absolute Gasteiger partial charge is 0.336 e. The molecule has 7 heteroatoms. The number of piperidine rings is 1. The molecule has 2 fully saturated rings. The molecule has 90 valence electrons. The van der Waals surface area contributed by atoms with Gasteiger partial charge in [-0.25, -0.2) is 14.8 Å². The van der Waals surface area contributed by atoms with Crippen LogP contribution in [0.3, 0.4) is 0 Å². The maximum Gasteiger partial charge on any atom is 0.336 e. The first-order valence-corrected chi connectivity index (χ1v) is 5.89. The Hall–Kier alpha value is -1.56. The Morgan fingerprint density at radius 3 is 2.76 bits per heavy atom. The lowest BCUT2D eigenvalue weighted by atomic mass is 10.4. The molecule has 1 aliphatic carbocycles. The van der Waals surface area contributed by atoms with E-state index in [1.54, 1.807) is 4.90 Å². The Morgan fingerprint density at radius 2 is 2.06 bits per heavy atom. The highest BCUT2D eigenvalue weighted by atomic mass is 35.5. The van der Waals surface area contributed by atoms with E-state index in [9.17, 15) is 4.79 Å². The molecular weight excluding hydrogens is 242 g/mol. The number of aromatic nitrogens is 2. The second-order valence-electron chi connectivity index (χ2n) is 4.41. The van der Waals surface area contributed by atoms with Crippen molar-refractivity contribution in [2.75, 3.05) is 18.5 Å². The molecule has 1 aromatic heterocycles. The number of carbonyl (C=O) groups excluding carboxylic acids is 1. The van der Waals surface area contributed by atoms with Crippen LogP contribution >= 0.6 is 11.6 Å². The summed E-state index contributed by atoms with van der Waals surface area (Å²) < 4.78 is 0. The van der Waals surface area contributed by atoms with Crippen LogP contribution in [0.2, 0.25) is 5.15 Å². The van der Waals surface area contributed by atoms with Gasteiger partial charge in [-0.15, -0.1) is 0 Å². The van der Waals surface area contributed by atoms with E-state index in [1.807, 2.05) is 0 Å². The van der Waals surface area contributed by atoms with Crippen molar-refractivity contribution in [3.05, 3.63) is 17.5 Å². The van der Waals surface area contributed by atoms with Gasteiger partial charge >= 0.3 is 6.03 Å². The maximum atomic E-state index is 11.8. The fourth-order valence-electron chi connectivity index (χ4n) is 2.16. The normalized spacial score (nSPS) is 25.4. The Morgan fingerprint density at radius 1 is 1.35 bits per heavy atom. The van der Waals surface area contributed by atoms with E-state index >= 15 is 0 Å². The number of nitrogens with zero attached hydrogens (tertiary/aromatic N) is 3. The Kier molecular flexibility index (Phi) is 2.51. The molecule has 17 heavy (non-hydrogen) atoms. The number of carbonyl (C=O) groups is 1. The highest BCUT2D eigenvalue weighted by Gasteiger charge is 2.46. The molecule has 0 aromatic carbocycles. The first-order valence-electron chi connectivity index (χ1n) is 5.51. The van der Waals surface area contributed by atoms with Crippen LogP contribution in [0.4, 0.5) is 10.6 Å². The average molecular weight is 254 g/mol. The number of amides is 2. The number of halogens is 1. The van der Waals surface area contributed by atoms with Gasteiger partial charge in [-0.1, -0.05) is 11.6 Å². The summed E-state index contributed by atoms with van der Waals surface area (Å²) in [5.41, 5.74) is 5.25. The summed E-state index contributed by atoms with van der Waals surface area (Å²) in [4.78, 5) is 21.4. The molecule has 2 heterocycles. The van der Waals surface area contributed by atoms with Crippen LogP contribution in [0.15, 0.2) is 12.4 Å². The molecule has 3 rings (SSSR count). The SMILES string of the molecule is O=C(NNc1nccnc1Cl)N1CC2CC2C1. The van der Waals surface area contributed by atoms with Crippen molar-refractivity contribution in [2.45, 2.75) is 6.42 Å². The van der Waals surface area contributed by atoms with Crippen LogP contribution in [-0.2, 0) is 0 Å². The van der Waals surface area contributed by atoms with E-state index in [1.165, 1.54) is 18.8 Å². The zero-order valence-corrected chi connectivity index (χ0v) is 9.81. The minimum absolute atomic E-state index is 0.140. The second kappa shape index (κ2) is 4.03. The van der Waals surface area contributed by atoms with Gasteiger partial charge in [-0.3, -0.25) is 10.9 Å². The van der Waals surface area contributed by atoms with Crippen LogP contribution in [-0.4, -0.2) is 34.0 Å². The first kappa shape index (κ1) is 10.6. The predicted molar refractivity (Wildman–Crippen MR) is 62.4 cm³/mol. The highest BCUT2D eigenvalue weighted by Crippen LogP contribution is 2.44. The molecule has 2 N–H and O–H groups in total. The van der Waals surface area contributed by atoms with E-state index in [0.29, 0.717) is 5.82 Å². The fourth-order valence-corrected chi connectivity index (χ4v) is 2.31. The van der Waals surface area contributed by atoms with Gasteiger partial charge in [0.25, 0.3) is 0 Å². The standard InChI is InChI=1S/C10H12ClN5O/c11-8-9(13-2-1-12-8)14-15-10(17)16-4-6-3-7(6)5-16/h1-2,6-7H,3-5H2,(H,13,14)(H,15,17). The molecule has 0 radical (unpaired) electrons. The number of hydrazine groups is 1. The third kappa shape index (κ3) is 2.12. The number of fused-ring (bicyclic) bond motifs is 1. The molecule has 2 atom stereocenters. The average Bonchev–Trinajstić information content (AvgIpc) is 2.95. The molecule has 1 saturated carbocycles. The number of rotatable bonds is 2. The van der Waals surface area contributed by atoms with E-state index in [2.05, 4.69) is 20.8 Å². The minimum Gasteiger partial charge on any atom is -0.323 e. The molecule has 1 aliphatic heterocycles. The van der Waals surface area contributed by atoms with E-state index in [4.69, 9.17) is 11.6 Å². The summed E-state index contributed by atoms with van der Waals surface area (Å²) in [5.74, 6) is 1.80. The van der Waals surface area contributed by atoms with Crippen LogP contribution < -0.4 is 10.9 Å². The predicted octanol–water partition coefficient (Wildman–Crippen LogP) is 1.12. The van der Waals surface area contributed by atoms with Gasteiger partial charge in [0.05, 0.1) is 0 Å². The van der Waals surface area contributed by atoms with Gasteiger partial charge < -0.3 is 4.90 Å². The quantitative estimate of drug-likeness (QED) is 0.775. The zero-order valence-electron chi connectivity index (χ0n) is 9.06. The molecule has 6 nitrogen and oxygen atoms in total. The number of likely N-dealkylation sites (tertiary alicyclic amines) is 1. The van der Waals surface area contributed by atoms with Gasteiger partial charge in [0.1, 0.15) is 0 Å². The Labute approximate surface area is 103 Å². The summed E-state index contributed by atoms with van der Waals surface area (Å²) in [6.45, 7) is 1.71. The molecule has 2 aliphatic rings. The van der Waals surface area contributed by atoms with Crippen molar-refractivity contribution < 1.29 is 4.79 Å². The third-order valence-electron chi connectivity index (χ3n) is 3.21. The molecule has 0 bridgehead atoms. The molecular formula is C10H12ClN5O. The van der Waals surface area contributed by atoms with Crippen LogP contribution in [0, 0.1) is 11.8 Å². The second-order valence-corrected chi connectivity index (χ2v) is 4.77. The van der Waals surface area contributed by atoms with Crippen LogP contribution in [0.25, 0.3) is 0 Å². The van der Waals surface area contributed by atoms with Crippen molar-refractivity contribution in [2.24, 2.45) is 11.8 Å². The third-order valence-corrected chi connectivity index (χ3v) is 3.48. The van der Waals surface area contributed by atoms with Crippen molar-refractivity contribution >= 4 is 23.4 Å². The van der Waals surface area contributed by atoms with Gasteiger partial charge in [-0.2, -0.15) is 0 Å². The smallest absolute Gasteiger partial charge is 0.323 e. The maximum absolute atomic E-state index is 11.8. The molecule has 1 saturated heterocycles. The zero-order chi connectivity index (χ0) is 11.8. The van der Waals surface area contributed by atoms with Gasteiger partial charge in [-0.05, 0) is 18.3 Å². The van der Waals surface area contributed by atoms with Crippen molar-refractivity contribution in [1.82, 2.24) is 20.3 Å². The van der Waals surface area contributed by atoms with E-state index in [0.717, 1.165) is 24.9 Å². The van der Waals surface area contributed by atoms with E-state index < -0.39 is 0 Å². The number of anilines is 1.